The van der Waals surface area contributed by atoms with Gasteiger partial charge in [-0.3, -0.25) is 4.90 Å². The minimum absolute atomic E-state index is 0.965. The monoisotopic (exact) mass is 174 g/mol. The van der Waals surface area contributed by atoms with Crippen molar-refractivity contribution in [3.63, 3.8) is 0 Å². The number of hydrogen-bond acceptors (Lipinski definition) is 3. The first-order chi connectivity index (χ1) is 5.92. The third-order valence-corrected chi connectivity index (χ3v) is 2.49. The van der Waals surface area contributed by atoms with Crippen molar-refractivity contribution in [2.24, 2.45) is 0 Å². The molecular formula is C9H6N2S. The van der Waals surface area contributed by atoms with Gasteiger partial charge in [0.05, 0.1) is 5.69 Å². The minimum Gasteiger partial charge on any atom is -0.253 e. The molecule has 2 nitrogen and oxygen atoms in total. The summed E-state index contributed by atoms with van der Waals surface area (Å²) in [5.41, 5.74) is 0.965. The molecule has 1 aromatic rings. The molecular weight excluding hydrogens is 168 g/mol. The van der Waals surface area contributed by atoms with Crippen LogP contribution in [0.1, 0.15) is 0 Å². The maximum atomic E-state index is 8.75. The summed E-state index contributed by atoms with van der Waals surface area (Å²) >= 11 is 1.63. The third kappa shape index (κ3) is 1.06. The summed E-state index contributed by atoms with van der Waals surface area (Å²) in [5, 5.41) is 10.7. The highest BCUT2D eigenvalue weighted by molar-refractivity contribution is 8.02. The van der Waals surface area contributed by atoms with Crippen LogP contribution in [-0.2, 0) is 0 Å². The molecule has 0 saturated heterocycles. The molecule has 58 valence electrons. The largest absolute Gasteiger partial charge is 0.253 e. The summed E-state index contributed by atoms with van der Waals surface area (Å²) in [7, 11) is 0. The molecule has 0 radical (unpaired) electrons. The Bertz CT molecular complexity index is 365. The van der Waals surface area contributed by atoms with Gasteiger partial charge in [0.2, 0.25) is 0 Å². The van der Waals surface area contributed by atoms with E-state index in [9.17, 15) is 0 Å². The van der Waals surface area contributed by atoms with Crippen molar-refractivity contribution in [3.8, 4) is 6.19 Å². The second kappa shape index (κ2) is 2.92. The van der Waals surface area contributed by atoms with Crippen molar-refractivity contribution < 1.29 is 0 Å². The summed E-state index contributed by atoms with van der Waals surface area (Å²) < 4.78 is 0. The molecule has 0 aromatic heterocycles. The van der Waals surface area contributed by atoms with Crippen molar-refractivity contribution in [2.75, 3.05) is 4.90 Å². The quantitative estimate of drug-likeness (QED) is 0.565. The van der Waals surface area contributed by atoms with Crippen molar-refractivity contribution in [3.05, 3.63) is 35.9 Å². The summed E-state index contributed by atoms with van der Waals surface area (Å²) in [6.45, 7) is 0. The van der Waals surface area contributed by atoms with E-state index in [2.05, 4.69) is 6.19 Å². The number of benzene rings is 1. The Labute approximate surface area is 75.1 Å². The second-order valence-corrected chi connectivity index (χ2v) is 3.29. The Morgan fingerprint density at radius 2 is 2.17 bits per heavy atom. The molecule has 1 aliphatic rings. The fourth-order valence-corrected chi connectivity index (χ4v) is 1.86. The molecule has 0 fully saturated rings. The average molecular weight is 174 g/mol. The molecule has 12 heavy (non-hydrogen) atoms. The summed E-state index contributed by atoms with van der Waals surface area (Å²) in [6, 6.07) is 7.85. The van der Waals surface area contributed by atoms with E-state index in [1.807, 2.05) is 29.7 Å². The number of para-hydroxylation sites is 1. The van der Waals surface area contributed by atoms with Crippen LogP contribution in [0.15, 0.2) is 40.8 Å². The lowest BCUT2D eigenvalue weighted by atomic mass is 10.3. The van der Waals surface area contributed by atoms with Crippen LogP contribution in [0.2, 0.25) is 0 Å². The van der Waals surface area contributed by atoms with Gasteiger partial charge in [0.1, 0.15) is 0 Å². The van der Waals surface area contributed by atoms with E-state index in [1.54, 1.807) is 22.9 Å². The molecule has 0 unspecified atom stereocenters. The Morgan fingerprint density at radius 3 is 3.00 bits per heavy atom. The van der Waals surface area contributed by atoms with Gasteiger partial charge >= 0.3 is 0 Å². The summed E-state index contributed by atoms with van der Waals surface area (Å²) in [4.78, 5) is 2.69. The predicted molar refractivity (Wildman–Crippen MR) is 49.5 cm³/mol. The molecule has 0 N–H and O–H groups in total. The van der Waals surface area contributed by atoms with E-state index in [0.29, 0.717) is 0 Å². The number of anilines is 1. The molecule has 0 saturated carbocycles. The Hall–Kier alpha value is -1.40. The highest BCUT2D eigenvalue weighted by Crippen LogP contribution is 2.34. The second-order valence-electron chi connectivity index (χ2n) is 2.34. The molecule has 1 aromatic carbocycles. The van der Waals surface area contributed by atoms with Crippen LogP contribution in [0.5, 0.6) is 0 Å². The SMILES string of the molecule is N#CN1C=CSc2ccccc21. The van der Waals surface area contributed by atoms with Gasteiger partial charge in [-0.25, -0.2) is 0 Å². The van der Waals surface area contributed by atoms with Crippen LogP contribution in [0.25, 0.3) is 0 Å². The molecule has 0 aliphatic carbocycles. The van der Waals surface area contributed by atoms with Gasteiger partial charge in [-0.05, 0) is 17.5 Å². The van der Waals surface area contributed by atoms with Crippen molar-refractivity contribution in [1.29, 1.82) is 5.26 Å². The normalized spacial score (nSPS) is 13.8. The van der Waals surface area contributed by atoms with Gasteiger partial charge in [-0.2, -0.15) is 5.26 Å². The van der Waals surface area contributed by atoms with Crippen LogP contribution in [-0.4, -0.2) is 0 Å². The van der Waals surface area contributed by atoms with Gasteiger partial charge in [0, 0.05) is 11.1 Å². The number of fused-ring (bicyclic) bond motifs is 1. The topological polar surface area (TPSA) is 27.0 Å². The molecule has 0 amide bonds. The molecule has 1 aliphatic heterocycles. The highest BCUT2D eigenvalue weighted by atomic mass is 32.2. The standard InChI is InChI=1S/C9H6N2S/c10-7-11-5-6-12-9-4-2-1-3-8(9)11/h1-6H. The fraction of sp³-hybridized carbons (Fsp3) is 0. The zero-order valence-corrected chi connectivity index (χ0v) is 7.08. The van der Waals surface area contributed by atoms with Crippen LogP contribution in [0.4, 0.5) is 5.69 Å². The Kier molecular flexibility index (Phi) is 1.77. The van der Waals surface area contributed by atoms with Crippen LogP contribution >= 0.6 is 11.8 Å². The number of nitrogens with zero attached hydrogens (tertiary/aromatic N) is 2. The number of rotatable bonds is 0. The Morgan fingerprint density at radius 1 is 1.33 bits per heavy atom. The smallest absolute Gasteiger partial charge is 0.188 e. The van der Waals surface area contributed by atoms with E-state index in [-0.39, 0.29) is 0 Å². The molecule has 0 spiro atoms. The van der Waals surface area contributed by atoms with Gasteiger partial charge in [0.25, 0.3) is 0 Å². The van der Waals surface area contributed by atoms with E-state index in [1.165, 1.54) is 0 Å². The number of thioether (sulfide) groups is 1. The lowest BCUT2D eigenvalue weighted by molar-refractivity contribution is 1.22. The van der Waals surface area contributed by atoms with E-state index in [4.69, 9.17) is 5.26 Å². The first-order valence-corrected chi connectivity index (χ1v) is 4.41. The zero-order valence-electron chi connectivity index (χ0n) is 6.27. The molecule has 0 atom stereocenters. The van der Waals surface area contributed by atoms with E-state index >= 15 is 0 Å². The third-order valence-electron chi connectivity index (χ3n) is 1.64. The minimum atomic E-state index is 0.965. The first-order valence-electron chi connectivity index (χ1n) is 3.53. The number of hydrogen-bond donors (Lipinski definition) is 0. The summed E-state index contributed by atoms with van der Waals surface area (Å²) in [6.07, 6.45) is 3.86. The van der Waals surface area contributed by atoms with Crippen molar-refractivity contribution >= 4 is 17.4 Å². The van der Waals surface area contributed by atoms with Gasteiger partial charge in [-0.1, -0.05) is 23.9 Å². The fourth-order valence-electron chi connectivity index (χ4n) is 1.09. The molecule has 1 heterocycles. The van der Waals surface area contributed by atoms with Crippen molar-refractivity contribution in [2.45, 2.75) is 4.90 Å². The van der Waals surface area contributed by atoms with E-state index in [0.717, 1.165) is 10.6 Å². The van der Waals surface area contributed by atoms with E-state index < -0.39 is 0 Å². The molecule has 2 rings (SSSR count). The highest BCUT2D eigenvalue weighted by Gasteiger charge is 2.10. The zero-order chi connectivity index (χ0) is 8.39. The van der Waals surface area contributed by atoms with Crippen LogP contribution < -0.4 is 4.90 Å². The Balaban J connectivity index is 2.51. The van der Waals surface area contributed by atoms with Gasteiger partial charge in [-0.15, -0.1) is 0 Å². The molecule has 0 bridgehead atoms. The molecule has 3 heteroatoms. The van der Waals surface area contributed by atoms with Crippen molar-refractivity contribution in [1.82, 2.24) is 0 Å². The maximum absolute atomic E-state index is 8.75. The maximum Gasteiger partial charge on any atom is 0.188 e. The van der Waals surface area contributed by atoms with Gasteiger partial charge in [0.15, 0.2) is 6.19 Å². The summed E-state index contributed by atoms with van der Waals surface area (Å²) in [5.74, 6) is 0. The van der Waals surface area contributed by atoms with Crippen LogP contribution in [0, 0.1) is 11.5 Å². The van der Waals surface area contributed by atoms with Gasteiger partial charge < -0.3 is 0 Å². The number of nitriles is 1. The average Bonchev–Trinajstić information content (AvgIpc) is 2.17. The lowest BCUT2D eigenvalue weighted by Gasteiger charge is -2.17. The first kappa shape index (κ1) is 7.26. The van der Waals surface area contributed by atoms with Crippen LogP contribution in [0.3, 0.4) is 0 Å². The lowest BCUT2D eigenvalue weighted by Crippen LogP contribution is -2.09. The predicted octanol–water partition coefficient (Wildman–Crippen LogP) is 2.55.